The molecule has 2 N–H and O–H groups in total. The summed E-state index contributed by atoms with van der Waals surface area (Å²) in [5, 5.41) is 2.65. The summed E-state index contributed by atoms with van der Waals surface area (Å²) in [6.45, 7) is 3.86. The fourth-order valence-electron chi connectivity index (χ4n) is 1.46. The van der Waals surface area contributed by atoms with E-state index in [1.807, 2.05) is 12.3 Å². The first-order chi connectivity index (χ1) is 6.74. The number of nitrogens with two attached hydrogens (primary N) is 1. The standard InChI is InChI=1S/C9H14N2O2S/c1-2-13-8-11-7(5-14-8)9(10)3-4-12-6-9/h5H,2-4,6,10H2,1H3. The molecule has 2 rings (SSSR count). The van der Waals surface area contributed by atoms with Crippen molar-refractivity contribution in [3.63, 3.8) is 0 Å². The molecule has 0 amide bonds. The molecule has 1 fully saturated rings. The molecule has 1 aliphatic heterocycles. The SMILES string of the molecule is CCOc1nc(C2(N)CCOC2)cs1. The smallest absolute Gasteiger partial charge is 0.273 e. The molecule has 4 nitrogen and oxygen atoms in total. The van der Waals surface area contributed by atoms with Crippen LogP contribution in [0.1, 0.15) is 19.0 Å². The average molecular weight is 214 g/mol. The van der Waals surface area contributed by atoms with Crippen LogP contribution in [0.5, 0.6) is 5.19 Å². The van der Waals surface area contributed by atoms with Crippen LogP contribution >= 0.6 is 11.3 Å². The van der Waals surface area contributed by atoms with Crippen molar-refractivity contribution in [3.05, 3.63) is 11.1 Å². The van der Waals surface area contributed by atoms with Crippen LogP contribution in [0.4, 0.5) is 0 Å². The highest BCUT2D eigenvalue weighted by Gasteiger charge is 2.34. The quantitative estimate of drug-likeness (QED) is 0.819. The molecule has 0 aromatic carbocycles. The predicted molar refractivity (Wildman–Crippen MR) is 54.6 cm³/mol. The Balaban J connectivity index is 2.15. The molecule has 1 saturated heterocycles. The Morgan fingerprint density at radius 2 is 2.64 bits per heavy atom. The van der Waals surface area contributed by atoms with Crippen LogP contribution in [0.3, 0.4) is 0 Å². The zero-order chi connectivity index (χ0) is 10.0. The van der Waals surface area contributed by atoms with E-state index in [0.29, 0.717) is 18.4 Å². The molecule has 1 aromatic heterocycles. The van der Waals surface area contributed by atoms with Gasteiger partial charge in [0, 0.05) is 12.0 Å². The summed E-state index contributed by atoms with van der Waals surface area (Å²) < 4.78 is 10.6. The first kappa shape index (κ1) is 9.89. The lowest BCUT2D eigenvalue weighted by Crippen LogP contribution is -2.37. The van der Waals surface area contributed by atoms with Crippen molar-refractivity contribution in [3.8, 4) is 5.19 Å². The third kappa shape index (κ3) is 1.75. The Morgan fingerprint density at radius 3 is 3.29 bits per heavy atom. The highest BCUT2D eigenvalue weighted by atomic mass is 32.1. The summed E-state index contributed by atoms with van der Waals surface area (Å²) in [5.74, 6) is 0. The Kier molecular flexibility index (Phi) is 2.71. The summed E-state index contributed by atoms with van der Waals surface area (Å²) >= 11 is 1.49. The maximum Gasteiger partial charge on any atom is 0.273 e. The topological polar surface area (TPSA) is 57.4 Å². The molecule has 0 radical (unpaired) electrons. The van der Waals surface area contributed by atoms with E-state index in [2.05, 4.69) is 4.98 Å². The zero-order valence-electron chi connectivity index (χ0n) is 8.16. The van der Waals surface area contributed by atoms with Gasteiger partial charge in [-0.1, -0.05) is 11.3 Å². The lowest BCUT2D eigenvalue weighted by Gasteiger charge is -2.18. The fourth-order valence-corrected chi connectivity index (χ4v) is 2.30. The summed E-state index contributed by atoms with van der Waals surface area (Å²) in [6, 6.07) is 0. The van der Waals surface area contributed by atoms with Gasteiger partial charge >= 0.3 is 0 Å². The second-order valence-corrected chi connectivity index (χ2v) is 4.21. The zero-order valence-corrected chi connectivity index (χ0v) is 8.97. The van der Waals surface area contributed by atoms with E-state index in [-0.39, 0.29) is 0 Å². The van der Waals surface area contributed by atoms with Crippen LogP contribution < -0.4 is 10.5 Å². The van der Waals surface area contributed by atoms with Gasteiger partial charge in [0.1, 0.15) is 0 Å². The van der Waals surface area contributed by atoms with E-state index in [1.165, 1.54) is 11.3 Å². The van der Waals surface area contributed by atoms with Crippen molar-refractivity contribution in [2.24, 2.45) is 5.73 Å². The molecule has 0 saturated carbocycles. The van der Waals surface area contributed by atoms with Crippen LogP contribution in [-0.4, -0.2) is 24.8 Å². The van der Waals surface area contributed by atoms with Gasteiger partial charge in [0.25, 0.3) is 5.19 Å². The predicted octanol–water partition coefficient (Wildman–Crippen LogP) is 1.12. The number of ether oxygens (including phenoxy) is 2. The third-order valence-corrected chi connectivity index (χ3v) is 3.07. The minimum atomic E-state index is -0.397. The van der Waals surface area contributed by atoms with E-state index in [4.69, 9.17) is 15.2 Å². The first-order valence-electron chi connectivity index (χ1n) is 4.70. The minimum Gasteiger partial charge on any atom is -0.470 e. The molecule has 0 bridgehead atoms. The number of aromatic nitrogens is 1. The molecule has 14 heavy (non-hydrogen) atoms. The second kappa shape index (κ2) is 3.84. The molecule has 1 aliphatic rings. The van der Waals surface area contributed by atoms with Gasteiger partial charge in [0.15, 0.2) is 0 Å². The Bertz CT molecular complexity index is 308. The van der Waals surface area contributed by atoms with E-state index in [0.717, 1.165) is 18.7 Å². The van der Waals surface area contributed by atoms with E-state index in [1.54, 1.807) is 0 Å². The van der Waals surface area contributed by atoms with Crippen molar-refractivity contribution in [2.75, 3.05) is 19.8 Å². The summed E-state index contributed by atoms with van der Waals surface area (Å²) in [4.78, 5) is 4.35. The van der Waals surface area contributed by atoms with Gasteiger partial charge in [-0.3, -0.25) is 0 Å². The van der Waals surface area contributed by atoms with Gasteiger partial charge < -0.3 is 15.2 Å². The Morgan fingerprint density at radius 1 is 1.79 bits per heavy atom. The lowest BCUT2D eigenvalue weighted by atomic mass is 9.97. The molecular weight excluding hydrogens is 200 g/mol. The maximum atomic E-state index is 6.15. The number of hydrogen-bond donors (Lipinski definition) is 1. The van der Waals surface area contributed by atoms with Gasteiger partial charge in [-0.15, -0.1) is 0 Å². The Hall–Kier alpha value is -0.650. The number of hydrogen-bond acceptors (Lipinski definition) is 5. The van der Waals surface area contributed by atoms with Crippen molar-refractivity contribution < 1.29 is 9.47 Å². The molecule has 1 unspecified atom stereocenters. The first-order valence-corrected chi connectivity index (χ1v) is 5.58. The van der Waals surface area contributed by atoms with Gasteiger partial charge in [0.2, 0.25) is 0 Å². The highest BCUT2D eigenvalue weighted by molar-refractivity contribution is 7.11. The van der Waals surface area contributed by atoms with Crippen molar-refractivity contribution in [1.82, 2.24) is 4.98 Å². The monoisotopic (exact) mass is 214 g/mol. The van der Waals surface area contributed by atoms with Crippen LogP contribution in [0.2, 0.25) is 0 Å². The van der Waals surface area contributed by atoms with E-state index in [9.17, 15) is 0 Å². The van der Waals surface area contributed by atoms with Crippen molar-refractivity contribution in [2.45, 2.75) is 18.9 Å². The minimum absolute atomic E-state index is 0.397. The van der Waals surface area contributed by atoms with E-state index >= 15 is 0 Å². The van der Waals surface area contributed by atoms with Crippen LogP contribution in [0.25, 0.3) is 0 Å². The fraction of sp³-hybridized carbons (Fsp3) is 0.667. The molecular formula is C9H14N2O2S. The third-order valence-electron chi connectivity index (χ3n) is 2.31. The van der Waals surface area contributed by atoms with E-state index < -0.39 is 5.54 Å². The Labute approximate surface area is 87.0 Å². The molecule has 78 valence electrons. The molecule has 2 heterocycles. The van der Waals surface area contributed by atoms with Gasteiger partial charge in [-0.05, 0) is 13.3 Å². The molecule has 1 atom stereocenters. The van der Waals surface area contributed by atoms with Crippen LogP contribution in [0.15, 0.2) is 5.38 Å². The second-order valence-electron chi connectivity index (χ2n) is 3.39. The van der Waals surface area contributed by atoms with Crippen LogP contribution in [0, 0.1) is 0 Å². The lowest BCUT2D eigenvalue weighted by molar-refractivity contribution is 0.177. The van der Waals surface area contributed by atoms with Crippen molar-refractivity contribution >= 4 is 11.3 Å². The van der Waals surface area contributed by atoms with Crippen molar-refractivity contribution in [1.29, 1.82) is 0 Å². The largest absolute Gasteiger partial charge is 0.470 e. The molecule has 5 heteroatoms. The summed E-state index contributed by atoms with van der Waals surface area (Å²) in [6.07, 6.45) is 0.836. The molecule has 0 aliphatic carbocycles. The molecule has 1 aromatic rings. The molecule has 0 spiro atoms. The highest BCUT2D eigenvalue weighted by Crippen LogP contribution is 2.30. The number of nitrogens with zero attached hydrogens (tertiary/aromatic N) is 1. The normalized spacial score (nSPS) is 26.7. The van der Waals surface area contributed by atoms with Gasteiger partial charge in [0.05, 0.1) is 24.4 Å². The number of thiazole rings is 1. The van der Waals surface area contributed by atoms with Gasteiger partial charge in [-0.2, -0.15) is 0 Å². The average Bonchev–Trinajstić information content (AvgIpc) is 2.75. The van der Waals surface area contributed by atoms with Gasteiger partial charge in [-0.25, -0.2) is 4.98 Å². The maximum absolute atomic E-state index is 6.15. The van der Waals surface area contributed by atoms with Crippen LogP contribution in [-0.2, 0) is 10.3 Å². The summed E-state index contributed by atoms with van der Waals surface area (Å²) in [5.41, 5.74) is 6.65. The number of rotatable bonds is 3. The summed E-state index contributed by atoms with van der Waals surface area (Å²) in [7, 11) is 0.